The van der Waals surface area contributed by atoms with Crippen molar-refractivity contribution >= 4 is 5.82 Å². The molecule has 1 atom stereocenters. The number of nitrogens with two attached hydrogens (primary N) is 1. The van der Waals surface area contributed by atoms with Gasteiger partial charge in [0.2, 0.25) is 0 Å². The van der Waals surface area contributed by atoms with Crippen molar-refractivity contribution in [3.05, 3.63) is 22.9 Å². The smallest absolute Gasteiger partial charge is 0.133 e. The first-order valence-corrected chi connectivity index (χ1v) is 7.35. The predicted molar refractivity (Wildman–Crippen MR) is 78.4 cm³/mol. The average molecular weight is 260 g/mol. The average Bonchev–Trinajstić information content (AvgIpc) is 2.85. The highest BCUT2D eigenvalue weighted by atomic mass is 15.3. The summed E-state index contributed by atoms with van der Waals surface area (Å²) in [7, 11) is 0. The molecule has 2 fully saturated rings. The fourth-order valence-electron chi connectivity index (χ4n) is 3.54. The zero-order chi connectivity index (χ0) is 13.4. The molecule has 2 aliphatic rings. The second-order valence-electron chi connectivity index (χ2n) is 5.86. The van der Waals surface area contributed by atoms with E-state index in [1.807, 2.05) is 0 Å². The largest absolute Gasteiger partial charge is 0.353 e. The SMILES string of the molecule is Cc1cc(C)c(CN)c(N2CCN3CCCC3C2)n1. The Labute approximate surface area is 115 Å². The summed E-state index contributed by atoms with van der Waals surface area (Å²) in [5, 5.41) is 0. The van der Waals surface area contributed by atoms with E-state index in [9.17, 15) is 0 Å². The van der Waals surface area contributed by atoms with Crippen LogP contribution in [-0.2, 0) is 6.54 Å². The lowest BCUT2D eigenvalue weighted by Gasteiger charge is -2.39. The molecule has 0 radical (unpaired) electrons. The highest BCUT2D eigenvalue weighted by Gasteiger charge is 2.31. The van der Waals surface area contributed by atoms with Gasteiger partial charge in [0.05, 0.1) is 0 Å². The van der Waals surface area contributed by atoms with Crippen LogP contribution in [0, 0.1) is 13.8 Å². The molecule has 3 rings (SSSR count). The van der Waals surface area contributed by atoms with Gasteiger partial charge in [0.1, 0.15) is 5.82 Å². The maximum absolute atomic E-state index is 5.94. The fraction of sp³-hybridized carbons (Fsp3) is 0.667. The Morgan fingerprint density at radius 2 is 2.16 bits per heavy atom. The number of anilines is 1. The van der Waals surface area contributed by atoms with Gasteiger partial charge in [0.15, 0.2) is 0 Å². The number of hydrogen-bond acceptors (Lipinski definition) is 4. The number of rotatable bonds is 2. The minimum absolute atomic E-state index is 0.583. The summed E-state index contributed by atoms with van der Waals surface area (Å²) in [5.41, 5.74) is 9.53. The summed E-state index contributed by atoms with van der Waals surface area (Å²) in [6.07, 6.45) is 2.68. The van der Waals surface area contributed by atoms with E-state index in [0.29, 0.717) is 6.54 Å². The standard InChI is InChI=1S/C15H24N4/c1-11-8-12(2)17-15(14(11)9-16)19-7-6-18-5-3-4-13(18)10-19/h8,13H,3-7,9-10,16H2,1-2H3. The first-order valence-electron chi connectivity index (χ1n) is 7.35. The normalized spacial score (nSPS) is 23.7. The number of nitrogens with zero attached hydrogens (tertiary/aromatic N) is 3. The third-order valence-electron chi connectivity index (χ3n) is 4.54. The molecule has 19 heavy (non-hydrogen) atoms. The van der Waals surface area contributed by atoms with Crippen molar-refractivity contribution in [2.24, 2.45) is 5.73 Å². The molecule has 3 heterocycles. The molecule has 2 N–H and O–H groups in total. The number of hydrogen-bond donors (Lipinski definition) is 1. The van der Waals surface area contributed by atoms with Gasteiger partial charge >= 0.3 is 0 Å². The summed E-state index contributed by atoms with van der Waals surface area (Å²) in [6.45, 7) is 9.45. The molecule has 0 saturated carbocycles. The molecule has 1 unspecified atom stereocenters. The minimum atomic E-state index is 0.583. The van der Waals surface area contributed by atoms with Crippen molar-refractivity contribution in [1.29, 1.82) is 0 Å². The summed E-state index contributed by atoms with van der Waals surface area (Å²) in [4.78, 5) is 9.85. The van der Waals surface area contributed by atoms with E-state index in [1.54, 1.807) is 0 Å². The quantitative estimate of drug-likeness (QED) is 0.874. The van der Waals surface area contributed by atoms with Gasteiger partial charge in [-0.15, -0.1) is 0 Å². The van der Waals surface area contributed by atoms with E-state index in [0.717, 1.165) is 30.6 Å². The molecule has 0 bridgehead atoms. The van der Waals surface area contributed by atoms with Crippen molar-refractivity contribution in [2.75, 3.05) is 31.1 Å². The lowest BCUT2D eigenvalue weighted by Crippen LogP contribution is -2.50. The fourth-order valence-corrected chi connectivity index (χ4v) is 3.54. The Balaban J connectivity index is 1.89. The Morgan fingerprint density at radius 1 is 1.32 bits per heavy atom. The molecule has 4 heteroatoms. The van der Waals surface area contributed by atoms with E-state index < -0.39 is 0 Å². The molecule has 0 amide bonds. The van der Waals surface area contributed by atoms with E-state index in [1.165, 1.54) is 37.1 Å². The van der Waals surface area contributed by atoms with Crippen LogP contribution in [0.5, 0.6) is 0 Å². The molecular weight excluding hydrogens is 236 g/mol. The van der Waals surface area contributed by atoms with Crippen LogP contribution in [0.2, 0.25) is 0 Å². The molecule has 4 nitrogen and oxygen atoms in total. The van der Waals surface area contributed by atoms with Crippen molar-refractivity contribution in [3.63, 3.8) is 0 Å². The number of aromatic nitrogens is 1. The number of fused-ring (bicyclic) bond motifs is 1. The molecular formula is C15H24N4. The van der Waals surface area contributed by atoms with Crippen molar-refractivity contribution in [3.8, 4) is 0 Å². The van der Waals surface area contributed by atoms with Crippen LogP contribution in [0.15, 0.2) is 6.07 Å². The Bertz CT molecular complexity index is 471. The lowest BCUT2D eigenvalue weighted by molar-refractivity contribution is 0.230. The molecule has 1 aromatic heterocycles. The second kappa shape index (κ2) is 5.10. The molecule has 2 saturated heterocycles. The summed E-state index contributed by atoms with van der Waals surface area (Å²) < 4.78 is 0. The van der Waals surface area contributed by atoms with Gasteiger partial charge in [-0.3, -0.25) is 4.90 Å². The van der Waals surface area contributed by atoms with Crippen LogP contribution >= 0.6 is 0 Å². The van der Waals surface area contributed by atoms with Crippen molar-refractivity contribution in [2.45, 2.75) is 39.3 Å². The maximum atomic E-state index is 5.94. The number of piperazine rings is 1. The Kier molecular flexibility index (Phi) is 3.46. The molecule has 2 aliphatic heterocycles. The Morgan fingerprint density at radius 3 is 2.95 bits per heavy atom. The first-order chi connectivity index (χ1) is 9.19. The van der Waals surface area contributed by atoms with Gasteiger partial charge in [0, 0.05) is 43.5 Å². The van der Waals surface area contributed by atoms with Crippen molar-refractivity contribution < 1.29 is 0 Å². The molecule has 0 aliphatic carbocycles. The number of pyridine rings is 1. The molecule has 0 spiro atoms. The van der Waals surface area contributed by atoms with E-state index in [-0.39, 0.29) is 0 Å². The zero-order valence-electron chi connectivity index (χ0n) is 12.0. The summed E-state index contributed by atoms with van der Waals surface area (Å²) >= 11 is 0. The van der Waals surface area contributed by atoms with Crippen LogP contribution in [0.25, 0.3) is 0 Å². The van der Waals surface area contributed by atoms with E-state index in [2.05, 4.69) is 29.7 Å². The summed E-state index contributed by atoms with van der Waals surface area (Å²) in [5.74, 6) is 1.13. The predicted octanol–water partition coefficient (Wildman–Crippen LogP) is 1.44. The lowest BCUT2D eigenvalue weighted by atomic mass is 10.1. The monoisotopic (exact) mass is 260 g/mol. The molecule has 104 valence electrons. The summed E-state index contributed by atoms with van der Waals surface area (Å²) in [6, 6.07) is 2.86. The zero-order valence-corrected chi connectivity index (χ0v) is 12.0. The van der Waals surface area contributed by atoms with Gasteiger partial charge < -0.3 is 10.6 Å². The van der Waals surface area contributed by atoms with Gasteiger partial charge in [0.25, 0.3) is 0 Å². The minimum Gasteiger partial charge on any atom is -0.353 e. The van der Waals surface area contributed by atoms with E-state index >= 15 is 0 Å². The topological polar surface area (TPSA) is 45.4 Å². The maximum Gasteiger partial charge on any atom is 0.133 e. The molecule has 0 aromatic carbocycles. The van der Waals surface area contributed by atoms with Crippen LogP contribution in [-0.4, -0.2) is 42.1 Å². The third kappa shape index (κ3) is 2.35. The first kappa shape index (κ1) is 12.9. The van der Waals surface area contributed by atoms with Gasteiger partial charge in [-0.25, -0.2) is 4.98 Å². The number of aryl methyl sites for hydroxylation is 2. The highest BCUT2D eigenvalue weighted by molar-refractivity contribution is 5.52. The van der Waals surface area contributed by atoms with Gasteiger partial charge in [-0.2, -0.15) is 0 Å². The van der Waals surface area contributed by atoms with Crippen molar-refractivity contribution in [1.82, 2.24) is 9.88 Å². The highest BCUT2D eigenvalue weighted by Crippen LogP contribution is 2.28. The third-order valence-corrected chi connectivity index (χ3v) is 4.54. The van der Waals surface area contributed by atoms with Crippen LogP contribution in [0.4, 0.5) is 5.82 Å². The van der Waals surface area contributed by atoms with Crippen LogP contribution < -0.4 is 10.6 Å². The van der Waals surface area contributed by atoms with Gasteiger partial charge in [-0.05, 0) is 44.9 Å². The molecule has 1 aromatic rings. The van der Waals surface area contributed by atoms with Gasteiger partial charge in [-0.1, -0.05) is 0 Å². The van der Waals surface area contributed by atoms with E-state index in [4.69, 9.17) is 10.7 Å². The Hall–Kier alpha value is -1.13. The van der Waals surface area contributed by atoms with Crippen LogP contribution in [0.3, 0.4) is 0 Å². The van der Waals surface area contributed by atoms with Crippen LogP contribution in [0.1, 0.15) is 29.7 Å². The second-order valence-corrected chi connectivity index (χ2v) is 5.86.